The van der Waals surface area contributed by atoms with E-state index in [-0.39, 0.29) is 35.3 Å². The van der Waals surface area contributed by atoms with Gasteiger partial charge in [0.25, 0.3) is 11.5 Å². The maximum absolute atomic E-state index is 13.7. The van der Waals surface area contributed by atoms with Gasteiger partial charge in [0.1, 0.15) is 11.6 Å². The van der Waals surface area contributed by atoms with Crippen LogP contribution in [-0.4, -0.2) is 43.3 Å². The van der Waals surface area contributed by atoms with Gasteiger partial charge < -0.3 is 24.8 Å². The van der Waals surface area contributed by atoms with E-state index in [1.165, 1.54) is 42.9 Å². The number of hydrogen-bond donors (Lipinski definition) is 2. The van der Waals surface area contributed by atoms with Crippen molar-refractivity contribution in [1.82, 2.24) is 9.55 Å². The number of rotatable bonds is 10. The Morgan fingerprint density at radius 2 is 1.69 bits per heavy atom. The predicted octanol–water partition coefficient (Wildman–Crippen LogP) is 2.25. The number of hydrogen-bond acceptors (Lipinski definition) is 7. The standard InChI is InChI=1S/C22H32N4O6/c1-7-8-9-25-19(23)18(20(27)24-22(25)29)26(12-13(2)3)21(28)14-10-16(31-5)17(32-6)11-15(14)30-4/h10-11,13H,7-9,12,23H2,1-6H3,(H,24,27,29). The number of ether oxygens (including phenoxy) is 3. The first-order chi connectivity index (χ1) is 15.2. The second kappa shape index (κ2) is 10.7. The first-order valence-electron chi connectivity index (χ1n) is 10.4. The minimum atomic E-state index is -0.728. The zero-order chi connectivity index (χ0) is 24.0. The smallest absolute Gasteiger partial charge is 0.330 e. The summed E-state index contributed by atoms with van der Waals surface area (Å²) in [5, 5.41) is 0. The fourth-order valence-electron chi connectivity index (χ4n) is 3.36. The summed E-state index contributed by atoms with van der Waals surface area (Å²) in [6.07, 6.45) is 1.52. The number of anilines is 2. The Bertz CT molecular complexity index is 1070. The molecule has 0 aliphatic heterocycles. The molecule has 0 unspecified atom stereocenters. The summed E-state index contributed by atoms with van der Waals surface area (Å²) >= 11 is 0. The maximum Gasteiger partial charge on any atom is 0.330 e. The number of amides is 1. The Hall–Kier alpha value is -3.43. The summed E-state index contributed by atoms with van der Waals surface area (Å²) < 4.78 is 17.3. The molecule has 0 aliphatic carbocycles. The molecule has 1 aromatic carbocycles. The van der Waals surface area contributed by atoms with Crippen molar-refractivity contribution in [2.45, 2.75) is 40.2 Å². The lowest BCUT2D eigenvalue weighted by molar-refractivity contribution is 0.0980. The van der Waals surface area contributed by atoms with Crippen molar-refractivity contribution < 1.29 is 19.0 Å². The van der Waals surface area contributed by atoms with Crippen LogP contribution in [0.15, 0.2) is 21.7 Å². The van der Waals surface area contributed by atoms with Crippen LogP contribution >= 0.6 is 0 Å². The van der Waals surface area contributed by atoms with Gasteiger partial charge in [-0.25, -0.2) is 4.79 Å². The van der Waals surface area contributed by atoms with Crippen LogP contribution in [0.4, 0.5) is 11.5 Å². The van der Waals surface area contributed by atoms with Crippen molar-refractivity contribution in [1.29, 1.82) is 0 Å². The predicted molar refractivity (Wildman–Crippen MR) is 123 cm³/mol. The van der Waals surface area contributed by atoms with E-state index in [4.69, 9.17) is 19.9 Å². The summed E-state index contributed by atoms with van der Waals surface area (Å²) in [7, 11) is 4.36. The largest absolute Gasteiger partial charge is 0.496 e. The average Bonchev–Trinajstić information content (AvgIpc) is 2.76. The van der Waals surface area contributed by atoms with E-state index >= 15 is 0 Å². The average molecular weight is 449 g/mol. The van der Waals surface area contributed by atoms with Gasteiger partial charge in [0.15, 0.2) is 17.2 Å². The van der Waals surface area contributed by atoms with Crippen LogP contribution in [0.2, 0.25) is 0 Å². The van der Waals surface area contributed by atoms with Crippen LogP contribution in [0.3, 0.4) is 0 Å². The van der Waals surface area contributed by atoms with Gasteiger partial charge in [0.2, 0.25) is 0 Å². The van der Waals surface area contributed by atoms with E-state index < -0.39 is 17.2 Å². The third-order valence-corrected chi connectivity index (χ3v) is 4.95. The van der Waals surface area contributed by atoms with E-state index in [0.717, 1.165) is 6.42 Å². The third-order valence-electron chi connectivity index (χ3n) is 4.95. The maximum atomic E-state index is 13.7. The Morgan fingerprint density at radius 1 is 1.09 bits per heavy atom. The molecule has 3 N–H and O–H groups in total. The molecule has 10 nitrogen and oxygen atoms in total. The Labute approximate surface area is 186 Å². The highest BCUT2D eigenvalue weighted by Crippen LogP contribution is 2.36. The first-order valence-corrected chi connectivity index (χ1v) is 10.4. The molecular weight excluding hydrogens is 416 g/mol. The number of nitrogen functional groups attached to an aromatic ring is 1. The molecule has 1 aromatic heterocycles. The highest BCUT2D eigenvalue weighted by molar-refractivity contribution is 6.09. The number of carbonyl (C=O) groups excluding carboxylic acids is 1. The number of nitrogens with zero attached hydrogens (tertiary/aromatic N) is 2. The Morgan fingerprint density at radius 3 is 2.22 bits per heavy atom. The minimum Gasteiger partial charge on any atom is -0.496 e. The van der Waals surface area contributed by atoms with E-state index in [2.05, 4.69) is 4.98 Å². The fraction of sp³-hybridized carbons (Fsp3) is 0.500. The highest BCUT2D eigenvalue weighted by atomic mass is 16.5. The van der Waals surface area contributed by atoms with Crippen molar-refractivity contribution in [3.63, 3.8) is 0 Å². The summed E-state index contributed by atoms with van der Waals surface area (Å²) in [5.74, 6) is 0.392. The van der Waals surface area contributed by atoms with Crippen molar-refractivity contribution in [3.8, 4) is 17.2 Å². The Kier molecular flexibility index (Phi) is 8.34. The number of unbranched alkanes of at least 4 members (excludes halogenated alkanes) is 1. The molecule has 176 valence electrons. The lowest BCUT2D eigenvalue weighted by Crippen LogP contribution is -2.42. The van der Waals surface area contributed by atoms with Gasteiger partial charge in [0, 0.05) is 25.2 Å². The normalized spacial score (nSPS) is 10.8. The van der Waals surface area contributed by atoms with E-state index in [1.807, 2.05) is 20.8 Å². The molecular formula is C22H32N4O6. The van der Waals surface area contributed by atoms with Gasteiger partial charge in [-0.3, -0.25) is 19.1 Å². The SMILES string of the molecule is CCCCn1c(N)c(N(CC(C)C)C(=O)c2cc(OC)c(OC)cc2OC)c(=O)[nH]c1=O. The number of nitrogens with one attached hydrogen (secondary N) is 1. The molecule has 32 heavy (non-hydrogen) atoms. The minimum absolute atomic E-state index is 0.0000846. The molecule has 10 heteroatoms. The number of benzene rings is 1. The van der Waals surface area contributed by atoms with E-state index in [1.54, 1.807) is 0 Å². The van der Waals surface area contributed by atoms with Gasteiger partial charge in [-0.05, 0) is 12.3 Å². The lowest BCUT2D eigenvalue weighted by atomic mass is 10.1. The van der Waals surface area contributed by atoms with Crippen molar-refractivity contribution >= 4 is 17.4 Å². The molecule has 0 aliphatic rings. The summed E-state index contributed by atoms with van der Waals surface area (Å²) in [6.45, 7) is 6.31. The molecule has 2 rings (SSSR count). The monoisotopic (exact) mass is 448 g/mol. The zero-order valence-electron chi connectivity index (χ0n) is 19.5. The summed E-state index contributed by atoms with van der Waals surface area (Å²) in [5.41, 5.74) is 5.02. The van der Waals surface area contributed by atoms with Crippen molar-refractivity contribution in [3.05, 3.63) is 38.5 Å². The second-order valence-electron chi connectivity index (χ2n) is 7.72. The van der Waals surface area contributed by atoms with Gasteiger partial charge >= 0.3 is 5.69 Å². The fourth-order valence-corrected chi connectivity index (χ4v) is 3.36. The highest BCUT2D eigenvalue weighted by Gasteiger charge is 2.29. The van der Waals surface area contributed by atoms with Gasteiger partial charge in [0.05, 0.1) is 26.9 Å². The molecule has 2 aromatic rings. The van der Waals surface area contributed by atoms with Crippen molar-refractivity contribution in [2.75, 3.05) is 38.5 Å². The molecule has 0 bridgehead atoms. The number of aromatic amines is 1. The van der Waals surface area contributed by atoms with Crippen LogP contribution in [-0.2, 0) is 6.54 Å². The topological polar surface area (TPSA) is 129 Å². The van der Waals surface area contributed by atoms with E-state index in [9.17, 15) is 14.4 Å². The quantitative estimate of drug-likeness (QED) is 0.570. The summed E-state index contributed by atoms with van der Waals surface area (Å²) in [4.78, 5) is 42.4. The Balaban J connectivity index is 2.73. The number of H-pyrrole nitrogens is 1. The number of nitrogens with two attached hydrogens (primary N) is 1. The van der Waals surface area contributed by atoms with Crippen LogP contribution in [0.25, 0.3) is 0 Å². The molecule has 0 atom stereocenters. The molecule has 0 radical (unpaired) electrons. The molecule has 0 fully saturated rings. The molecule has 1 heterocycles. The number of aromatic nitrogens is 2. The molecule has 0 saturated heterocycles. The van der Waals surface area contributed by atoms with Crippen LogP contribution in [0, 0.1) is 5.92 Å². The van der Waals surface area contributed by atoms with Crippen molar-refractivity contribution in [2.24, 2.45) is 5.92 Å². The molecule has 0 spiro atoms. The third kappa shape index (κ3) is 5.06. The van der Waals surface area contributed by atoms with Gasteiger partial charge in [-0.2, -0.15) is 0 Å². The first kappa shape index (κ1) is 24.8. The van der Waals surface area contributed by atoms with Crippen LogP contribution < -0.4 is 36.1 Å². The van der Waals surface area contributed by atoms with E-state index in [0.29, 0.717) is 24.5 Å². The van der Waals surface area contributed by atoms with Crippen LogP contribution in [0.1, 0.15) is 44.0 Å². The lowest BCUT2D eigenvalue weighted by Gasteiger charge is -2.27. The van der Waals surface area contributed by atoms with Gasteiger partial charge in [-0.1, -0.05) is 27.2 Å². The molecule has 0 saturated carbocycles. The summed E-state index contributed by atoms with van der Waals surface area (Å²) in [6, 6.07) is 3.03. The van der Waals surface area contributed by atoms with Crippen LogP contribution in [0.5, 0.6) is 17.2 Å². The number of carbonyl (C=O) groups is 1. The second-order valence-corrected chi connectivity index (χ2v) is 7.72. The number of methoxy groups -OCH3 is 3. The van der Waals surface area contributed by atoms with Gasteiger partial charge in [-0.15, -0.1) is 0 Å². The zero-order valence-corrected chi connectivity index (χ0v) is 19.5. The molecule has 1 amide bonds.